The number of Topliss-reactive ketones (excluding diaryl/α,β-unsaturated/α-hetero) is 1. The van der Waals surface area contributed by atoms with Crippen LogP contribution in [0.1, 0.15) is 28.4 Å². The van der Waals surface area contributed by atoms with E-state index in [4.69, 9.17) is 4.74 Å². The molecule has 0 aliphatic carbocycles. The largest absolute Gasteiger partial charge is 0.489 e. The highest BCUT2D eigenvalue weighted by atomic mass is 16.5. The van der Waals surface area contributed by atoms with Crippen molar-refractivity contribution in [3.8, 4) is 17.1 Å². The molecule has 150 valence electrons. The van der Waals surface area contributed by atoms with Crippen molar-refractivity contribution in [1.29, 1.82) is 0 Å². The van der Waals surface area contributed by atoms with Gasteiger partial charge in [-0.2, -0.15) is 0 Å². The Labute approximate surface area is 175 Å². The number of rotatable bonds is 8. The van der Waals surface area contributed by atoms with E-state index in [-0.39, 0.29) is 5.78 Å². The number of nitrogens with zero attached hydrogens (tertiary/aromatic N) is 4. The minimum Gasteiger partial charge on any atom is -0.489 e. The second-order valence-electron chi connectivity index (χ2n) is 6.99. The Morgan fingerprint density at radius 1 is 0.967 bits per heavy atom. The second-order valence-corrected chi connectivity index (χ2v) is 6.99. The predicted molar refractivity (Wildman–Crippen MR) is 114 cm³/mol. The lowest BCUT2D eigenvalue weighted by Gasteiger charge is -2.13. The topological polar surface area (TPSA) is 69.9 Å². The summed E-state index contributed by atoms with van der Waals surface area (Å²) in [5, 5.41) is 12.1. The van der Waals surface area contributed by atoms with E-state index < -0.39 is 0 Å². The van der Waals surface area contributed by atoms with E-state index in [1.807, 2.05) is 72.8 Å². The highest BCUT2D eigenvalue weighted by molar-refractivity contribution is 5.94. The second kappa shape index (κ2) is 9.13. The van der Waals surface area contributed by atoms with Crippen LogP contribution in [-0.2, 0) is 19.6 Å². The van der Waals surface area contributed by atoms with E-state index in [0.717, 1.165) is 22.4 Å². The van der Waals surface area contributed by atoms with E-state index in [1.54, 1.807) is 17.7 Å². The Morgan fingerprint density at radius 3 is 2.43 bits per heavy atom. The van der Waals surface area contributed by atoms with Crippen LogP contribution in [0.15, 0.2) is 78.9 Å². The number of hydrogen-bond acceptors (Lipinski definition) is 5. The maximum Gasteiger partial charge on any atom is 0.182 e. The standard InChI is InChI=1S/C24H22N4O2/c1-18(29)21-12-13-23(30-17-19-8-4-2-5-9-19)22(16-21)14-15-28-24(25-26-27-28)20-10-6-3-7-11-20/h2-13,16H,14-15,17H2,1H3. The average Bonchev–Trinajstić information content (AvgIpc) is 3.26. The van der Waals surface area contributed by atoms with Gasteiger partial charge in [-0.3, -0.25) is 4.79 Å². The molecule has 0 amide bonds. The van der Waals surface area contributed by atoms with Crippen LogP contribution in [0.2, 0.25) is 0 Å². The summed E-state index contributed by atoms with van der Waals surface area (Å²) < 4.78 is 7.85. The molecule has 0 N–H and O–H groups in total. The maximum atomic E-state index is 11.9. The smallest absolute Gasteiger partial charge is 0.182 e. The first kappa shape index (κ1) is 19.5. The summed E-state index contributed by atoms with van der Waals surface area (Å²) in [4.78, 5) is 11.9. The van der Waals surface area contributed by atoms with E-state index in [9.17, 15) is 4.79 Å². The van der Waals surface area contributed by atoms with Gasteiger partial charge < -0.3 is 4.74 Å². The molecule has 4 aromatic rings. The summed E-state index contributed by atoms with van der Waals surface area (Å²) in [6.45, 7) is 2.60. The zero-order valence-electron chi connectivity index (χ0n) is 16.7. The molecule has 0 bridgehead atoms. The Hall–Kier alpha value is -3.80. The van der Waals surface area contributed by atoms with E-state index in [1.165, 1.54) is 0 Å². The van der Waals surface area contributed by atoms with Gasteiger partial charge in [0.25, 0.3) is 0 Å². The highest BCUT2D eigenvalue weighted by Crippen LogP contribution is 2.24. The van der Waals surface area contributed by atoms with Gasteiger partial charge in [-0.1, -0.05) is 60.7 Å². The zero-order valence-corrected chi connectivity index (χ0v) is 16.7. The van der Waals surface area contributed by atoms with Gasteiger partial charge in [-0.25, -0.2) is 4.68 Å². The van der Waals surface area contributed by atoms with Crippen molar-refractivity contribution in [1.82, 2.24) is 20.2 Å². The number of hydrogen-bond donors (Lipinski definition) is 0. The number of carbonyl (C=O) groups is 1. The summed E-state index contributed by atoms with van der Waals surface area (Å²) in [5.74, 6) is 1.50. The molecule has 4 rings (SSSR count). The van der Waals surface area contributed by atoms with Gasteiger partial charge in [0, 0.05) is 17.7 Å². The van der Waals surface area contributed by atoms with Crippen molar-refractivity contribution in [3.63, 3.8) is 0 Å². The fourth-order valence-electron chi connectivity index (χ4n) is 3.25. The molecule has 6 nitrogen and oxygen atoms in total. The van der Waals surface area contributed by atoms with Crippen molar-refractivity contribution in [2.24, 2.45) is 0 Å². The van der Waals surface area contributed by atoms with Crippen molar-refractivity contribution >= 4 is 5.78 Å². The number of tetrazole rings is 1. The van der Waals surface area contributed by atoms with Gasteiger partial charge >= 0.3 is 0 Å². The molecule has 0 atom stereocenters. The molecule has 0 saturated carbocycles. The molecule has 0 spiro atoms. The molecule has 0 saturated heterocycles. The lowest BCUT2D eigenvalue weighted by atomic mass is 10.0. The van der Waals surface area contributed by atoms with Crippen LogP contribution in [0.4, 0.5) is 0 Å². The Kier molecular flexibility index (Phi) is 5.94. The third kappa shape index (κ3) is 4.60. The van der Waals surface area contributed by atoms with E-state index in [0.29, 0.717) is 31.0 Å². The summed E-state index contributed by atoms with van der Waals surface area (Å²) in [6, 6.07) is 25.4. The molecule has 3 aromatic carbocycles. The summed E-state index contributed by atoms with van der Waals surface area (Å²) in [7, 11) is 0. The van der Waals surface area contributed by atoms with Crippen molar-refractivity contribution in [2.45, 2.75) is 26.5 Å². The molecule has 30 heavy (non-hydrogen) atoms. The van der Waals surface area contributed by atoms with Crippen LogP contribution < -0.4 is 4.74 Å². The monoisotopic (exact) mass is 398 g/mol. The third-order valence-electron chi connectivity index (χ3n) is 4.86. The molecule has 1 aromatic heterocycles. The number of ether oxygens (including phenoxy) is 1. The molecule has 6 heteroatoms. The van der Waals surface area contributed by atoms with E-state index >= 15 is 0 Å². The predicted octanol–water partition coefficient (Wildman–Crippen LogP) is 4.36. The van der Waals surface area contributed by atoms with Crippen LogP contribution in [0.25, 0.3) is 11.4 Å². The molecule has 0 radical (unpaired) electrons. The Morgan fingerprint density at radius 2 is 1.70 bits per heavy atom. The van der Waals surface area contributed by atoms with Crippen LogP contribution in [-0.4, -0.2) is 26.0 Å². The fraction of sp³-hybridized carbons (Fsp3) is 0.167. The average molecular weight is 398 g/mol. The molecule has 1 heterocycles. The number of ketones is 1. The van der Waals surface area contributed by atoms with Gasteiger partial charge in [-0.15, -0.1) is 5.10 Å². The lowest BCUT2D eigenvalue weighted by molar-refractivity contribution is 0.101. The van der Waals surface area contributed by atoms with Crippen LogP contribution in [0, 0.1) is 0 Å². The molecule has 0 aliphatic heterocycles. The quantitative estimate of drug-likeness (QED) is 0.412. The lowest BCUT2D eigenvalue weighted by Crippen LogP contribution is -2.08. The summed E-state index contributed by atoms with van der Waals surface area (Å²) in [5.41, 5.74) is 3.66. The number of aromatic nitrogens is 4. The molecule has 0 unspecified atom stereocenters. The molecular weight excluding hydrogens is 376 g/mol. The summed E-state index contributed by atoms with van der Waals surface area (Å²) >= 11 is 0. The SMILES string of the molecule is CC(=O)c1ccc(OCc2ccccc2)c(CCn2nnnc2-c2ccccc2)c1. The minimum atomic E-state index is 0.0262. The van der Waals surface area contributed by atoms with Crippen molar-refractivity contribution in [2.75, 3.05) is 0 Å². The number of carbonyl (C=O) groups excluding carboxylic acids is 1. The molecule has 0 fully saturated rings. The minimum absolute atomic E-state index is 0.0262. The van der Waals surface area contributed by atoms with Gasteiger partial charge in [0.1, 0.15) is 12.4 Å². The first-order chi connectivity index (χ1) is 14.7. The van der Waals surface area contributed by atoms with Gasteiger partial charge in [0.05, 0.1) is 0 Å². The maximum absolute atomic E-state index is 11.9. The van der Waals surface area contributed by atoms with Gasteiger partial charge in [0.15, 0.2) is 11.6 Å². The van der Waals surface area contributed by atoms with E-state index in [2.05, 4.69) is 15.5 Å². The van der Waals surface area contributed by atoms with Crippen LogP contribution >= 0.6 is 0 Å². The van der Waals surface area contributed by atoms with Gasteiger partial charge in [0.2, 0.25) is 0 Å². The molecule has 0 aliphatic rings. The summed E-state index contributed by atoms with van der Waals surface area (Å²) in [6.07, 6.45) is 0.635. The third-order valence-corrected chi connectivity index (χ3v) is 4.86. The zero-order chi connectivity index (χ0) is 20.8. The van der Waals surface area contributed by atoms with Crippen LogP contribution in [0.5, 0.6) is 5.75 Å². The normalized spacial score (nSPS) is 10.7. The number of aryl methyl sites for hydroxylation is 2. The first-order valence-electron chi connectivity index (χ1n) is 9.83. The van der Waals surface area contributed by atoms with Crippen molar-refractivity contribution < 1.29 is 9.53 Å². The fourth-order valence-corrected chi connectivity index (χ4v) is 3.25. The first-order valence-corrected chi connectivity index (χ1v) is 9.83. The Bertz CT molecular complexity index is 1120. The van der Waals surface area contributed by atoms with Crippen LogP contribution in [0.3, 0.4) is 0 Å². The van der Waals surface area contributed by atoms with Gasteiger partial charge in [-0.05, 0) is 53.1 Å². The molecular formula is C24H22N4O2. The highest BCUT2D eigenvalue weighted by Gasteiger charge is 2.12. The Balaban J connectivity index is 1.55. The van der Waals surface area contributed by atoms with Crippen molar-refractivity contribution in [3.05, 3.63) is 95.6 Å². The number of benzene rings is 3.